The number of carbonyl (C=O) groups excluding carboxylic acids is 2. The fourth-order valence-corrected chi connectivity index (χ4v) is 3.35. The van der Waals surface area contributed by atoms with Gasteiger partial charge in [0.25, 0.3) is 0 Å². The monoisotopic (exact) mass is 377 g/mol. The van der Waals surface area contributed by atoms with Crippen LogP contribution in [0.25, 0.3) is 0 Å². The van der Waals surface area contributed by atoms with Crippen LogP contribution in [0.3, 0.4) is 0 Å². The predicted molar refractivity (Wildman–Crippen MR) is 101 cm³/mol. The summed E-state index contributed by atoms with van der Waals surface area (Å²) in [5.74, 6) is -0.642. The first-order valence-corrected chi connectivity index (χ1v) is 9.29. The molecule has 1 aromatic heterocycles. The Morgan fingerprint density at radius 2 is 1.69 bits per heavy atom. The van der Waals surface area contributed by atoms with Crippen molar-refractivity contribution in [3.63, 3.8) is 0 Å². The summed E-state index contributed by atoms with van der Waals surface area (Å²) in [6.07, 6.45) is 0. The minimum Gasteiger partial charge on any atom is -0.353 e. The van der Waals surface area contributed by atoms with E-state index in [1.54, 1.807) is 24.1 Å². The predicted octanol–water partition coefficient (Wildman–Crippen LogP) is 2.55. The van der Waals surface area contributed by atoms with E-state index >= 15 is 0 Å². The van der Waals surface area contributed by atoms with Crippen LogP contribution in [-0.4, -0.2) is 42.9 Å². The van der Waals surface area contributed by atoms with E-state index in [4.69, 9.17) is 0 Å². The van der Waals surface area contributed by atoms with Crippen LogP contribution < -0.4 is 10.6 Å². The van der Waals surface area contributed by atoms with E-state index in [0.717, 1.165) is 10.4 Å². The molecule has 26 heavy (non-hydrogen) atoms. The zero-order chi connectivity index (χ0) is 19.1. The summed E-state index contributed by atoms with van der Waals surface area (Å²) >= 11 is 1.52. The molecule has 5 nitrogen and oxygen atoms in total. The smallest absolute Gasteiger partial charge is 0.234 e. The molecule has 1 aromatic carbocycles. The van der Waals surface area contributed by atoms with Gasteiger partial charge in [-0.15, -0.1) is 11.3 Å². The molecule has 2 amide bonds. The van der Waals surface area contributed by atoms with Gasteiger partial charge in [-0.25, -0.2) is 4.39 Å². The summed E-state index contributed by atoms with van der Waals surface area (Å²) in [5.41, 5.74) is 0.808. The Labute approximate surface area is 157 Å². The lowest BCUT2D eigenvalue weighted by molar-refractivity contribution is -0.125. The lowest BCUT2D eigenvalue weighted by atomic mass is 10.1. The summed E-state index contributed by atoms with van der Waals surface area (Å²) in [5, 5.41) is 7.70. The van der Waals surface area contributed by atoms with Crippen molar-refractivity contribution < 1.29 is 14.0 Å². The first kappa shape index (κ1) is 20.1. The highest BCUT2D eigenvalue weighted by Crippen LogP contribution is 2.26. The van der Waals surface area contributed by atoms with Gasteiger partial charge >= 0.3 is 0 Å². The molecule has 140 valence electrons. The quantitative estimate of drug-likeness (QED) is 0.743. The molecular formula is C19H24FN3O2S. The number of halogens is 1. The Kier molecular flexibility index (Phi) is 7.29. The normalized spacial score (nSPS) is 12.2. The third-order valence-electron chi connectivity index (χ3n) is 3.61. The highest BCUT2D eigenvalue weighted by atomic mass is 32.1. The largest absolute Gasteiger partial charge is 0.353 e. The van der Waals surface area contributed by atoms with Crippen LogP contribution in [0.4, 0.5) is 4.39 Å². The summed E-state index contributed by atoms with van der Waals surface area (Å²) in [6, 6.07) is 9.64. The standard InChI is InChI=1S/C19H24FN3O2S/c1-13(2)21-17(24)11-23(3)12-18(25)22-19(16-5-4-10-26-16)14-6-8-15(20)9-7-14/h4-10,13,19H,11-12H2,1-3H3,(H,21,24)(H,22,25)/t19-/m1/s1. The van der Waals surface area contributed by atoms with Crippen LogP contribution in [0.2, 0.25) is 0 Å². The number of amides is 2. The number of rotatable bonds is 8. The van der Waals surface area contributed by atoms with Crippen LogP contribution in [0.5, 0.6) is 0 Å². The molecule has 0 fully saturated rings. The van der Waals surface area contributed by atoms with Gasteiger partial charge in [-0.1, -0.05) is 18.2 Å². The van der Waals surface area contributed by atoms with Gasteiger partial charge in [-0.05, 0) is 50.0 Å². The minimum atomic E-state index is -0.346. The van der Waals surface area contributed by atoms with Gasteiger partial charge in [-0.3, -0.25) is 14.5 Å². The molecule has 0 saturated heterocycles. The van der Waals surface area contributed by atoms with E-state index in [0.29, 0.717) is 0 Å². The summed E-state index contributed by atoms with van der Waals surface area (Å²) < 4.78 is 13.2. The molecule has 2 aromatic rings. The van der Waals surface area contributed by atoms with Crippen molar-refractivity contribution in [2.45, 2.75) is 25.9 Å². The van der Waals surface area contributed by atoms with Crippen molar-refractivity contribution in [2.24, 2.45) is 0 Å². The molecule has 0 spiro atoms. The Bertz CT molecular complexity index is 717. The van der Waals surface area contributed by atoms with E-state index in [-0.39, 0.29) is 42.8 Å². The maximum atomic E-state index is 13.2. The van der Waals surface area contributed by atoms with E-state index in [1.807, 2.05) is 31.4 Å². The summed E-state index contributed by atoms with van der Waals surface area (Å²) in [6.45, 7) is 4.01. The van der Waals surface area contributed by atoms with Gasteiger partial charge in [0.15, 0.2) is 0 Å². The lowest BCUT2D eigenvalue weighted by Crippen LogP contribution is -2.43. The van der Waals surface area contributed by atoms with Gasteiger partial charge < -0.3 is 10.6 Å². The molecule has 2 rings (SSSR count). The van der Waals surface area contributed by atoms with E-state index in [1.165, 1.54) is 23.5 Å². The number of likely N-dealkylation sites (N-methyl/N-ethyl adjacent to an activating group) is 1. The van der Waals surface area contributed by atoms with Gasteiger partial charge in [0, 0.05) is 10.9 Å². The second-order valence-corrected chi connectivity index (χ2v) is 7.44. The summed E-state index contributed by atoms with van der Waals surface area (Å²) in [4.78, 5) is 26.9. The van der Waals surface area contributed by atoms with E-state index in [2.05, 4.69) is 10.6 Å². The van der Waals surface area contributed by atoms with Gasteiger partial charge in [0.05, 0.1) is 19.1 Å². The van der Waals surface area contributed by atoms with Crippen molar-refractivity contribution in [3.8, 4) is 0 Å². The third kappa shape index (κ3) is 6.24. The zero-order valence-electron chi connectivity index (χ0n) is 15.2. The SMILES string of the molecule is CC(C)NC(=O)CN(C)CC(=O)N[C@H](c1ccc(F)cc1)c1cccs1. The molecule has 0 aliphatic rings. The van der Waals surface area contributed by atoms with Crippen LogP contribution >= 0.6 is 11.3 Å². The van der Waals surface area contributed by atoms with Crippen LogP contribution in [0, 0.1) is 5.82 Å². The average Bonchev–Trinajstić information content (AvgIpc) is 3.06. The highest BCUT2D eigenvalue weighted by Gasteiger charge is 2.19. The summed E-state index contributed by atoms with van der Waals surface area (Å²) in [7, 11) is 1.72. The topological polar surface area (TPSA) is 61.4 Å². The number of thiophene rings is 1. The van der Waals surface area contributed by atoms with Crippen molar-refractivity contribution >= 4 is 23.2 Å². The molecule has 2 N–H and O–H groups in total. The van der Waals surface area contributed by atoms with Crippen molar-refractivity contribution in [1.82, 2.24) is 15.5 Å². The highest BCUT2D eigenvalue weighted by molar-refractivity contribution is 7.10. The Balaban J connectivity index is 2.00. The van der Waals surface area contributed by atoms with Crippen LogP contribution in [0.15, 0.2) is 41.8 Å². The Morgan fingerprint density at radius 1 is 1.08 bits per heavy atom. The van der Waals surface area contributed by atoms with Gasteiger partial charge in [0.2, 0.25) is 11.8 Å². The molecule has 0 unspecified atom stereocenters. The lowest BCUT2D eigenvalue weighted by Gasteiger charge is -2.21. The molecule has 1 atom stereocenters. The number of nitrogens with zero attached hydrogens (tertiary/aromatic N) is 1. The first-order valence-electron chi connectivity index (χ1n) is 8.41. The molecule has 0 radical (unpaired) electrons. The second kappa shape index (κ2) is 9.45. The number of nitrogens with one attached hydrogen (secondary N) is 2. The van der Waals surface area contributed by atoms with Crippen LogP contribution in [0.1, 0.15) is 30.3 Å². The Hall–Kier alpha value is -2.25. The number of hydrogen-bond donors (Lipinski definition) is 2. The molecule has 0 saturated carbocycles. The molecule has 7 heteroatoms. The molecule has 0 aliphatic heterocycles. The van der Waals surface area contributed by atoms with E-state index < -0.39 is 0 Å². The fourth-order valence-electron chi connectivity index (χ4n) is 2.55. The van der Waals surface area contributed by atoms with Crippen molar-refractivity contribution in [2.75, 3.05) is 20.1 Å². The fraction of sp³-hybridized carbons (Fsp3) is 0.368. The third-order valence-corrected chi connectivity index (χ3v) is 4.55. The maximum Gasteiger partial charge on any atom is 0.234 e. The average molecular weight is 377 g/mol. The van der Waals surface area contributed by atoms with Crippen molar-refractivity contribution in [3.05, 3.63) is 58.0 Å². The van der Waals surface area contributed by atoms with Crippen LogP contribution in [-0.2, 0) is 9.59 Å². The molecule has 1 heterocycles. The molecular weight excluding hydrogens is 353 g/mol. The molecule has 0 aliphatic carbocycles. The number of benzene rings is 1. The first-order chi connectivity index (χ1) is 12.3. The minimum absolute atomic E-state index is 0.0615. The second-order valence-electron chi connectivity index (χ2n) is 6.46. The van der Waals surface area contributed by atoms with E-state index in [9.17, 15) is 14.0 Å². The van der Waals surface area contributed by atoms with Crippen molar-refractivity contribution in [1.29, 1.82) is 0 Å². The van der Waals surface area contributed by atoms with Gasteiger partial charge in [-0.2, -0.15) is 0 Å². The Morgan fingerprint density at radius 3 is 2.23 bits per heavy atom. The molecule has 0 bridgehead atoms. The number of hydrogen-bond acceptors (Lipinski definition) is 4. The maximum absolute atomic E-state index is 13.2. The zero-order valence-corrected chi connectivity index (χ0v) is 16.0. The van der Waals surface area contributed by atoms with Gasteiger partial charge in [0.1, 0.15) is 5.82 Å². The number of carbonyl (C=O) groups is 2.